The Morgan fingerprint density at radius 1 is 1.15 bits per heavy atom. The standard InChI is InChI=1S/C15H20O5/c1-16-11-5-3-10(4-6-11)8-18-12-7-13(17-2)15-19-9-14(12)20-15/h3-6,12-15H,7-9H2,1-2H3/t12-,13+,14+,15+/m0/s1. The minimum atomic E-state index is -0.231. The zero-order valence-electron chi connectivity index (χ0n) is 11.8. The maximum absolute atomic E-state index is 5.98. The Balaban J connectivity index is 1.57. The van der Waals surface area contributed by atoms with Gasteiger partial charge in [0.05, 0.1) is 26.4 Å². The summed E-state index contributed by atoms with van der Waals surface area (Å²) in [7, 11) is 3.34. The summed E-state index contributed by atoms with van der Waals surface area (Å²) in [4.78, 5) is 0. The molecule has 0 aromatic heterocycles. The molecule has 0 N–H and O–H groups in total. The van der Waals surface area contributed by atoms with Crippen molar-refractivity contribution in [1.82, 2.24) is 0 Å². The molecular formula is C15H20O5. The highest BCUT2D eigenvalue weighted by Crippen LogP contribution is 2.31. The topological polar surface area (TPSA) is 46.2 Å². The molecular weight excluding hydrogens is 260 g/mol. The van der Waals surface area contributed by atoms with Gasteiger partial charge in [0, 0.05) is 13.5 Å². The van der Waals surface area contributed by atoms with E-state index in [2.05, 4.69) is 0 Å². The molecule has 2 aliphatic heterocycles. The van der Waals surface area contributed by atoms with Crippen molar-refractivity contribution in [2.75, 3.05) is 20.8 Å². The molecule has 2 saturated heterocycles. The molecule has 2 heterocycles. The highest BCUT2D eigenvalue weighted by atomic mass is 16.7. The molecule has 0 saturated carbocycles. The molecule has 0 amide bonds. The Kier molecular flexibility index (Phi) is 4.21. The first-order valence-corrected chi connectivity index (χ1v) is 6.84. The van der Waals surface area contributed by atoms with Crippen LogP contribution in [0.4, 0.5) is 0 Å². The van der Waals surface area contributed by atoms with Crippen LogP contribution in [0.1, 0.15) is 12.0 Å². The Hall–Kier alpha value is -1.14. The van der Waals surface area contributed by atoms with Gasteiger partial charge in [0.2, 0.25) is 0 Å². The number of methoxy groups -OCH3 is 2. The number of hydrogen-bond acceptors (Lipinski definition) is 5. The SMILES string of the molecule is COc1ccc(CO[C@H]2C[C@@H](OC)[C@@H]3OC[C@H]2O3)cc1. The average Bonchev–Trinajstić information content (AvgIpc) is 2.92. The van der Waals surface area contributed by atoms with Crippen molar-refractivity contribution in [2.24, 2.45) is 0 Å². The van der Waals surface area contributed by atoms with Crippen LogP contribution in [0, 0.1) is 0 Å². The van der Waals surface area contributed by atoms with Gasteiger partial charge in [-0.15, -0.1) is 0 Å². The lowest BCUT2D eigenvalue weighted by Gasteiger charge is -2.32. The molecule has 5 nitrogen and oxygen atoms in total. The van der Waals surface area contributed by atoms with Crippen molar-refractivity contribution in [3.05, 3.63) is 29.8 Å². The Morgan fingerprint density at radius 2 is 1.95 bits per heavy atom. The number of hydrogen-bond donors (Lipinski definition) is 0. The first kappa shape index (κ1) is 13.8. The van der Waals surface area contributed by atoms with Crippen LogP contribution >= 0.6 is 0 Å². The monoisotopic (exact) mass is 280 g/mol. The van der Waals surface area contributed by atoms with Gasteiger partial charge in [-0.05, 0) is 17.7 Å². The van der Waals surface area contributed by atoms with Crippen LogP contribution in [0.5, 0.6) is 5.75 Å². The van der Waals surface area contributed by atoms with Crippen LogP contribution in [-0.4, -0.2) is 45.4 Å². The minimum Gasteiger partial charge on any atom is -0.497 e. The molecule has 4 atom stereocenters. The second-order valence-corrected chi connectivity index (χ2v) is 5.08. The second kappa shape index (κ2) is 6.10. The van der Waals surface area contributed by atoms with E-state index in [1.807, 2.05) is 24.3 Å². The molecule has 0 aliphatic carbocycles. The lowest BCUT2D eigenvalue weighted by atomic mass is 10.0. The maximum Gasteiger partial charge on any atom is 0.184 e. The van der Waals surface area contributed by atoms with Gasteiger partial charge in [-0.3, -0.25) is 0 Å². The van der Waals surface area contributed by atoms with E-state index in [-0.39, 0.29) is 24.6 Å². The van der Waals surface area contributed by atoms with E-state index in [9.17, 15) is 0 Å². The van der Waals surface area contributed by atoms with E-state index in [1.54, 1.807) is 14.2 Å². The Labute approximate surface area is 118 Å². The number of ether oxygens (including phenoxy) is 5. The smallest absolute Gasteiger partial charge is 0.184 e. The van der Waals surface area contributed by atoms with Crippen molar-refractivity contribution in [3.63, 3.8) is 0 Å². The zero-order chi connectivity index (χ0) is 13.9. The Morgan fingerprint density at radius 3 is 2.65 bits per heavy atom. The molecule has 0 radical (unpaired) electrons. The van der Waals surface area contributed by atoms with E-state index in [0.29, 0.717) is 13.2 Å². The third-order valence-electron chi connectivity index (χ3n) is 3.84. The van der Waals surface area contributed by atoms with Crippen LogP contribution in [0.25, 0.3) is 0 Å². The van der Waals surface area contributed by atoms with Gasteiger partial charge >= 0.3 is 0 Å². The Bertz CT molecular complexity index is 432. The van der Waals surface area contributed by atoms with Crippen LogP contribution in [0.15, 0.2) is 24.3 Å². The summed E-state index contributed by atoms with van der Waals surface area (Å²) in [5, 5.41) is 0. The number of rotatable bonds is 5. The molecule has 2 bridgehead atoms. The predicted octanol–water partition coefficient (Wildman–Crippen LogP) is 1.74. The largest absolute Gasteiger partial charge is 0.497 e. The predicted molar refractivity (Wildman–Crippen MR) is 71.6 cm³/mol. The molecule has 0 unspecified atom stereocenters. The number of fused-ring (bicyclic) bond motifs is 2. The van der Waals surface area contributed by atoms with E-state index < -0.39 is 0 Å². The lowest BCUT2D eigenvalue weighted by Crippen LogP contribution is -2.44. The highest BCUT2D eigenvalue weighted by molar-refractivity contribution is 5.26. The summed E-state index contributed by atoms with van der Waals surface area (Å²) in [6, 6.07) is 7.88. The van der Waals surface area contributed by atoms with Crippen molar-refractivity contribution >= 4 is 0 Å². The van der Waals surface area contributed by atoms with Gasteiger partial charge in [0.1, 0.15) is 18.0 Å². The molecule has 20 heavy (non-hydrogen) atoms. The second-order valence-electron chi connectivity index (χ2n) is 5.08. The van der Waals surface area contributed by atoms with Gasteiger partial charge in [0.15, 0.2) is 6.29 Å². The fraction of sp³-hybridized carbons (Fsp3) is 0.600. The fourth-order valence-electron chi connectivity index (χ4n) is 2.63. The van der Waals surface area contributed by atoms with Crippen molar-refractivity contribution < 1.29 is 23.7 Å². The molecule has 0 spiro atoms. The minimum absolute atomic E-state index is 0.0146. The summed E-state index contributed by atoms with van der Waals surface area (Å²) < 4.78 is 27.8. The summed E-state index contributed by atoms with van der Waals surface area (Å²) in [6.45, 7) is 1.13. The molecule has 1 aromatic carbocycles. The molecule has 2 aliphatic rings. The molecule has 2 fully saturated rings. The van der Waals surface area contributed by atoms with Crippen LogP contribution < -0.4 is 4.74 Å². The summed E-state index contributed by atoms with van der Waals surface area (Å²) >= 11 is 0. The third-order valence-corrected chi connectivity index (χ3v) is 3.84. The lowest BCUT2D eigenvalue weighted by molar-refractivity contribution is -0.200. The van der Waals surface area contributed by atoms with Gasteiger partial charge in [0.25, 0.3) is 0 Å². The normalized spacial score (nSPS) is 32.3. The van der Waals surface area contributed by atoms with E-state index in [1.165, 1.54) is 0 Å². The summed E-state index contributed by atoms with van der Waals surface area (Å²) in [5.41, 5.74) is 1.11. The molecule has 3 rings (SSSR count). The summed E-state index contributed by atoms with van der Waals surface area (Å²) in [6.07, 6.45) is 0.563. The third kappa shape index (κ3) is 2.81. The molecule has 5 heteroatoms. The van der Waals surface area contributed by atoms with Crippen LogP contribution in [0.2, 0.25) is 0 Å². The fourth-order valence-corrected chi connectivity index (χ4v) is 2.63. The maximum atomic E-state index is 5.98. The zero-order valence-corrected chi connectivity index (χ0v) is 11.8. The molecule has 110 valence electrons. The van der Waals surface area contributed by atoms with Gasteiger partial charge < -0.3 is 23.7 Å². The quantitative estimate of drug-likeness (QED) is 0.822. The van der Waals surface area contributed by atoms with E-state index in [0.717, 1.165) is 17.7 Å². The van der Waals surface area contributed by atoms with Crippen molar-refractivity contribution in [3.8, 4) is 5.75 Å². The van der Waals surface area contributed by atoms with Gasteiger partial charge in [-0.2, -0.15) is 0 Å². The first-order valence-electron chi connectivity index (χ1n) is 6.84. The van der Waals surface area contributed by atoms with Gasteiger partial charge in [-0.25, -0.2) is 0 Å². The highest BCUT2D eigenvalue weighted by Gasteiger charge is 2.44. The molecule has 1 aromatic rings. The number of benzene rings is 1. The van der Waals surface area contributed by atoms with Crippen molar-refractivity contribution in [2.45, 2.75) is 37.6 Å². The summed E-state index contributed by atoms with van der Waals surface area (Å²) in [5.74, 6) is 0.848. The van der Waals surface area contributed by atoms with E-state index in [4.69, 9.17) is 23.7 Å². The average molecular weight is 280 g/mol. The first-order chi connectivity index (χ1) is 9.80. The van der Waals surface area contributed by atoms with Gasteiger partial charge in [-0.1, -0.05) is 12.1 Å². The van der Waals surface area contributed by atoms with E-state index >= 15 is 0 Å². The van der Waals surface area contributed by atoms with Crippen LogP contribution in [-0.2, 0) is 25.6 Å². The van der Waals surface area contributed by atoms with Crippen molar-refractivity contribution in [1.29, 1.82) is 0 Å². The van der Waals surface area contributed by atoms with Crippen LogP contribution in [0.3, 0.4) is 0 Å².